The topological polar surface area (TPSA) is 57.7 Å². The van der Waals surface area contributed by atoms with E-state index in [1.165, 1.54) is 0 Å². The van der Waals surface area contributed by atoms with Crippen LogP contribution >= 0.6 is 11.6 Å². The van der Waals surface area contributed by atoms with E-state index in [1.54, 1.807) is 4.90 Å². The van der Waals surface area contributed by atoms with Crippen LogP contribution in [-0.4, -0.2) is 49.4 Å². The van der Waals surface area contributed by atoms with Crippen molar-refractivity contribution in [3.8, 4) is 0 Å². The van der Waals surface area contributed by atoms with Crippen LogP contribution in [0.2, 0.25) is 5.02 Å². The van der Waals surface area contributed by atoms with E-state index in [4.69, 9.17) is 11.6 Å². The van der Waals surface area contributed by atoms with Gasteiger partial charge in [-0.2, -0.15) is 0 Å². The molecule has 0 radical (unpaired) electrons. The number of hydrogen-bond acceptors (Lipinski definition) is 4. The highest BCUT2D eigenvalue weighted by molar-refractivity contribution is 7.91. The van der Waals surface area contributed by atoms with Gasteiger partial charge in [-0.1, -0.05) is 35.9 Å². The van der Waals surface area contributed by atoms with Crippen LogP contribution in [0.15, 0.2) is 42.5 Å². The van der Waals surface area contributed by atoms with Crippen molar-refractivity contribution in [1.82, 2.24) is 4.90 Å². The normalized spacial score (nSPS) is 24.4. The van der Waals surface area contributed by atoms with Crippen molar-refractivity contribution in [1.29, 1.82) is 0 Å². The van der Waals surface area contributed by atoms with Crippen molar-refractivity contribution in [2.75, 3.05) is 23.0 Å². The molecule has 5 nitrogen and oxygen atoms in total. The first-order chi connectivity index (χ1) is 13.2. The number of piperazine rings is 1. The third-order valence-electron chi connectivity index (χ3n) is 5.80. The molecule has 2 aromatic rings. The van der Waals surface area contributed by atoms with Gasteiger partial charge in [0, 0.05) is 23.3 Å². The first-order valence-corrected chi connectivity index (χ1v) is 11.5. The van der Waals surface area contributed by atoms with E-state index < -0.39 is 9.84 Å². The number of nitrogens with zero attached hydrogens (tertiary/aromatic N) is 2. The van der Waals surface area contributed by atoms with Gasteiger partial charge in [0.25, 0.3) is 0 Å². The Bertz CT molecular complexity index is 1040. The molecule has 2 unspecified atom stereocenters. The number of amides is 1. The molecule has 2 aliphatic rings. The minimum atomic E-state index is -3.22. The molecule has 2 aromatic carbocycles. The predicted octanol–water partition coefficient (Wildman–Crippen LogP) is 2.97. The van der Waals surface area contributed by atoms with Crippen molar-refractivity contribution in [3.63, 3.8) is 0 Å². The molecular formula is C21H23ClN2O3S. The van der Waals surface area contributed by atoms with Gasteiger partial charge < -0.3 is 4.90 Å². The van der Waals surface area contributed by atoms with Crippen molar-refractivity contribution >= 4 is 33.0 Å². The van der Waals surface area contributed by atoms with Crippen LogP contribution in [0.5, 0.6) is 0 Å². The van der Waals surface area contributed by atoms with E-state index in [-0.39, 0.29) is 36.0 Å². The zero-order valence-electron chi connectivity index (χ0n) is 15.9. The van der Waals surface area contributed by atoms with Gasteiger partial charge in [0.2, 0.25) is 5.91 Å². The number of halogens is 1. The minimum Gasteiger partial charge on any atom is -0.306 e. The molecule has 0 N–H and O–H groups in total. The van der Waals surface area contributed by atoms with Gasteiger partial charge >= 0.3 is 0 Å². The van der Waals surface area contributed by atoms with Crippen LogP contribution in [0, 0.1) is 13.8 Å². The van der Waals surface area contributed by atoms with Crippen LogP contribution in [0.3, 0.4) is 0 Å². The number of aryl methyl sites for hydroxylation is 2. The van der Waals surface area contributed by atoms with Crippen LogP contribution in [-0.2, 0) is 21.2 Å². The van der Waals surface area contributed by atoms with Gasteiger partial charge in [0.05, 0.1) is 24.1 Å². The number of fused-ring (bicyclic) bond motifs is 1. The van der Waals surface area contributed by atoms with Gasteiger partial charge in [0.15, 0.2) is 9.84 Å². The summed E-state index contributed by atoms with van der Waals surface area (Å²) in [6, 6.07) is 12.7. The molecule has 2 heterocycles. The standard InChI is InChI=1S/C21H23ClN2O3S/c1-14-7-8-17(9-15(14)2)24-20-13-28(26,27)12-19(20)23(11-21(24)25)10-16-5-3-4-6-18(16)22/h3-9,19-20H,10-13H2,1-2H3. The molecule has 2 fully saturated rings. The lowest BCUT2D eigenvalue weighted by atomic mass is 10.0. The van der Waals surface area contributed by atoms with E-state index in [1.807, 2.05) is 61.2 Å². The van der Waals surface area contributed by atoms with Gasteiger partial charge in [-0.05, 0) is 48.7 Å². The Morgan fingerprint density at radius 1 is 1.04 bits per heavy atom. The van der Waals surface area contributed by atoms with E-state index in [0.717, 1.165) is 22.4 Å². The average Bonchev–Trinajstić information content (AvgIpc) is 2.95. The lowest BCUT2D eigenvalue weighted by Gasteiger charge is -2.43. The maximum Gasteiger partial charge on any atom is 0.241 e. The SMILES string of the molecule is Cc1ccc(N2C(=O)CN(Cc3ccccc3Cl)C3CS(=O)(=O)CC32)cc1C. The van der Waals surface area contributed by atoms with Gasteiger partial charge in [-0.25, -0.2) is 8.42 Å². The first-order valence-electron chi connectivity index (χ1n) is 9.32. The maximum absolute atomic E-state index is 13.1. The number of carbonyl (C=O) groups is 1. The zero-order valence-corrected chi connectivity index (χ0v) is 17.5. The summed E-state index contributed by atoms with van der Waals surface area (Å²) in [5.41, 5.74) is 3.91. The Labute approximate surface area is 170 Å². The summed E-state index contributed by atoms with van der Waals surface area (Å²) in [5.74, 6) is -0.0137. The third kappa shape index (κ3) is 3.56. The van der Waals surface area contributed by atoms with E-state index in [0.29, 0.717) is 11.6 Å². The van der Waals surface area contributed by atoms with Crippen LogP contribution in [0.4, 0.5) is 5.69 Å². The quantitative estimate of drug-likeness (QED) is 0.768. The summed E-state index contributed by atoms with van der Waals surface area (Å²) in [4.78, 5) is 16.8. The second-order valence-electron chi connectivity index (χ2n) is 7.74. The van der Waals surface area contributed by atoms with Crippen molar-refractivity contribution in [2.45, 2.75) is 32.5 Å². The largest absolute Gasteiger partial charge is 0.306 e. The fourth-order valence-electron chi connectivity index (χ4n) is 4.19. The highest BCUT2D eigenvalue weighted by atomic mass is 35.5. The third-order valence-corrected chi connectivity index (χ3v) is 7.87. The summed E-state index contributed by atoms with van der Waals surface area (Å²) >= 11 is 6.30. The molecule has 28 heavy (non-hydrogen) atoms. The van der Waals surface area contributed by atoms with Gasteiger partial charge in [-0.15, -0.1) is 0 Å². The Hall–Kier alpha value is -1.89. The lowest BCUT2D eigenvalue weighted by Crippen LogP contribution is -2.61. The molecule has 7 heteroatoms. The first kappa shape index (κ1) is 19.4. The van der Waals surface area contributed by atoms with Crippen LogP contribution in [0.1, 0.15) is 16.7 Å². The zero-order chi connectivity index (χ0) is 20.1. The second kappa shape index (κ2) is 7.17. The van der Waals surface area contributed by atoms with E-state index in [2.05, 4.69) is 0 Å². The maximum atomic E-state index is 13.1. The molecule has 0 saturated carbocycles. The Balaban J connectivity index is 1.69. The number of benzene rings is 2. The smallest absolute Gasteiger partial charge is 0.241 e. The second-order valence-corrected chi connectivity index (χ2v) is 10.3. The van der Waals surface area contributed by atoms with Crippen LogP contribution < -0.4 is 4.90 Å². The van der Waals surface area contributed by atoms with Crippen molar-refractivity contribution in [3.05, 3.63) is 64.2 Å². The molecule has 0 spiro atoms. The minimum absolute atomic E-state index is 0.00461. The van der Waals surface area contributed by atoms with Crippen LogP contribution in [0.25, 0.3) is 0 Å². The number of rotatable bonds is 3. The molecule has 2 aliphatic heterocycles. The lowest BCUT2D eigenvalue weighted by molar-refractivity contribution is -0.123. The number of hydrogen-bond donors (Lipinski definition) is 0. The number of anilines is 1. The molecule has 148 valence electrons. The van der Waals surface area contributed by atoms with E-state index in [9.17, 15) is 13.2 Å². The summed E-state index contributed by atoms with van der Waals surface area (Å²) in [6.07, 6.45) is 0. The Morgan fingerprint density at radius 3 is 2.46 bits per heavy atom. The monoisotopic (exact) mass is 418 g/mol. The molecule has 0 bridgehead atoms. The molecule has 2 atom stereocenters. The van der Waals surface area contributed by atoms with Gasteiger partial charge in [0.1, 0.15) is 0 Å². The highest BCUT2D eigenvalue weighted by Crippen LogP contribution is 2.33. The van der Waals surface area contributed by atoms with Gasteiger partial charge in [-0.3, -0.25) is 9.69 Å². The fraction of sp³-hybridized carbons (Fsp3) is 0.381. The fourth-order valence-corrected chi connectivity index (χ4v) is 6.36. The molecule has 0 aliphatic carbocycles. The van der Waals surface area contributed by atoms with Crippen molar-refractivity contribution < 1.29 is 13.2 Å². The summed E-state index contributed by atoms with van der Waals surface area (Å²) < 4.78 is 25.0. The molecule has 2 saturated heterocycles. The summed E-state index contributed by atoms with van der Waals surface area (Å²) in [6.45, 7) is 4.66. The molecule has 0 aromatic heterocycles. The Kier molecular flexibility index (Phi) is 4.98. The summed E-state index contributed by atoms with van der Waals surface area (Å²) in [5, 5.41) is 0.629. The average molecular weight is 419 g/mol. The number of carbonyl (C=O) groups excluding carboxylic acids is 1. The van der Waals surface area contributed by atoms with Crippen molar-refractivity contribution in [2.24, 2.45) is 0 Å². The Morgan fingerprint density at radius 2 is 1.75 bits per heavy atom. The molecule has 4 rings (SSSR count). The molecule has 1 amide bonds. The highest BCUT2D eigenvalue weighted by Gasteiger charge is 2.49. The predicted molar refractivity (Wildman–Crippen MR) is 111 cm³/mol. The summed E-state index contributed by atoms with van der Waals surface area (Å²) in [7, 11) is -3.22. The van der Waals surface area contributed by atoms with E-state index >= 15 is 0 Å². The number of sulfone groups is 1. The molecular weight excluding hydrogens is 396 g/mol.